The van der Waals surface area contributed by atoms with Crippen LogP contribution in [0.5, 0.6) is 0 Å². The van der Waals surface area contributed by atoms with Gasteiger partial charge in [0.05, 0.1) is 6.10 Å². The molecular weight excluding hydrogens is 180 g/mol. The van der Waals surface area contributed by atoms with Gasteiger partial charge in [-0.1, -0.05) is 0 Å². The van der Waals surface area contributed by atoms with Gasteiger partial charge < -0.3 is 15.3 Å². The summed E-state index contributed by atoms with van der Waals surface area (Å²) in [6, 6.07) is 0. The van der Waals surface area contributed by atoms with Crippen molar-refractivity contribution in [2.24, 2.45) is 0 Å². The first-order chi connectivity index (χ1) is 6.54. The van der Waals surface area contributed by atoms with Gasteiger partial charge in [-0.05, 0) is 32.9 Å². The fourth-order valence-corrected chi connectivity index (χ4v) is 1.02. The Morgan fingerprint density at radius 1 is 1.43 bits per heavy atom. The van der Waals surface area contributed by atoms with Crippen LogP contribution in [0.1, 0.15) is 26.2 Å². The Hall–Kier alpha value is -0.610. The topological polar surface area (TPSA) is 52.6 Å². The minimum Gasteiger partial charge on any atom is -0.393 e. The predicted octanol–water partition coefficient (Wildman–Crippen LogP) is 0.215. The number of hydrogen-bond donors (Lipinski definition) is 2. The normalized spacial score (nSPS) is 12.6. The van der Waals surface area contributed by atoms with E-state index in [9.17, 15) is 4.79 Å². The van der Waals surface area contributed by atoms with Crippen LogP contribution < -0.4 is 5.32 Å². The van der Waals surface area contributed by atoms with Crippen molar-refractivity contribution in [3.63, 3.8) is 0 Å². The Labute approximate surface area is 86.3 Å². The van der Waals surface area contributed by atoms with Gasteiger partial charge in [-0.25, -0.2) is 0 Å². The molecule has 0 radical (unpaired) electrons. The molecule has 0 bridgehead atoms. The van der Waals surface area contributed by atoms with Gasteiger partial charge in [0.15, 0.2) is 0 Å². The molecule has 0 aromatic heterocycles. The van der Waals surface area contributed by atoms with E-state index >= 15 is 0 Å². The summed E-state index contributed by atoms with van der Waals surface area (Å²) in [5.41, 5.74) is 0. The summed E-state index contributed by atoms with van der Waals surface area (Å²) in [5.74, 6) is 0.169. The third-order valence-corrected chi connectivity index (χ3v) is 1.98. The van der Waals surface area contributed by atoms with Crippen LogP contribution in [0.3, 0.4) is 0 Å². The zero-order chi connectivity index (χ0) is 11.0. The number of carbonyl (C=O) groups excluding carboxylic acids is 1. The van der Waals surface area contributed by atoms with Crippen molar-refractivity contribution in [1.82, 2.24) is 10.2 Å². The average molecular weight is 202 g/mol. The highest BCUT2D eigenvalue weighted by molar-refractivity contribution is 5.75. The van der Waals surface area contributed by atoms with E-state index in [0.717, 1.165) is 25.9 Å². The average Bonchev–Trinajstić information content (AvgIpc) is 2.09. The molecule has 0 aromatic carbocycles. The van der Waals surface area contributed by atoms with Crippen LogP contribution in [0.4, 0.5) is 0 Å². The van der Waals surface area contributed by atoms with Crippen molar-refractivity contribution in [3.8, 4) is 0 Å². The van der Waals surface area contributed by atoms with Gasteiger partial charge in [-0.3, -0.25) is 4.79 Å². The molecule has 2 N–H and O–H groups in total. The fourth-order valence-electron chi connectivity index (χ4n) is 1.02. The number of nitrogens with one attached hydrogen (secondary N) is 1. The van der Waals surface area contributed by atoms with Crippen LogP contribution in [0.15, 0.2) is 0 Å². The van der Waals surface area contributed by atoms with Crippen molar-refractivity contribution in [2.75, 3.05) is 27.2 Å². The number of nitrogens with zero attached hydrogens (tertiary/aromatic N) is 1. The van der Waals surface area contributed by atoms with E-state index in [1.54, 1.807) is 25.9 Å². The molecule has 1 amide bonds. The Bertz CT molecular complexity index is 158. The van der Waals surface area contributed by atoms with Crippen molar-refractivity contribution in [3.05, 3.63) is 0 Å². The highest BCUT2D eigenvalue weighted by atomic mass is 16.3. The van der Waals surface area contributed by atoms with E-state index in [1.165, 1.54) is 0 Å². The second-order valence-corrected chi connectivity index (χ2v) is 3.78. The van der Waals surface area contributed by atoms with Crippen LogP contribution in [0.2, 0.25) is 0 Å². The first-order valence-electron chi connectivity index (χ1n) is 5.13. The summed E-state index contributed by atoms with van der Waals surface area (Å²) >= 11 is 0. The zero-order valence-electron chi connectivity index (χ0n) is 9.42. The lowest BCUT2D eigenvalue weighted by Crippen LogP contribution is -2.24. The highest BCUT2D eigenvalue weighted by Gasteiger charge is 2.02. The summed E-state index contributed by atoms with van der Waals surface area (Å²) in [7, 11) is 3.53. The van der Waals surface area contributed by atoms with Gasteiger partial charge in [0.2, 0.25) is 5.91 Å². The molecule has 0 aliphatic carbocycles. The Balaban J connectivity index is 3.18. The van der Waals surface area contributed by atoms with Crippen LogP contribution in [0, 0.1) is 0 Å². The lowest BCUT2D eigenvalue weighted by atomic mass is 10.2. The smallest absolute Gasteiger partial charge is 0.222 e. The maximum absolute atomic E-state index is 11.1. The molecule has 0 heterocycles. The molecule has 0 fully saturated rings. The minimum atomic E-state index is -0.245. The Kier molecular flexibility index (Phi) is 7.42. The third-order valence-electron chi connectivity index (χ3n) is 1.98. The summed E-state index contributed by atoms with van der Waals surface area (Å²) in [6.07, 6.45) is 1.97. The molecule has 0 aliphatic heterocycles. The molecule has 0 rings (SSSR count). The number of rotatable bonds is 7. The molecule has 84 valence electrons. The van der Waals surface area contributed by atoms with Crippen LogP contribution in [-0.4, -0.2) is 49.2 Å². The van der Waals surface area contributed by atoms with E-state index < -0.39 is 0 Å². The molecule has 0 aliphatic rings. The van der Waals surface area contributed by atoms with Crippen LogP contribution in [-0.2, 0) is 4.79 Å². The summed E-state index contributed by atoms with van der Waals surface area (Å²) < 4.78 is 0. The molecule has 4 heteroatoms. The SMILES string of the molecule is CC(O)CCNCCCC(=O)N(C)C. The van der Waals surface area contributed by atoms with Gasteiger partial charge in [0.25, 0.3) is 0 Å². The van der Waals surface area contributed by atoms with E-state index in [-0.39, 0.29) is 12.0 Å². The lowest BCUT2D eigenvalue weighted by molar-refractivity contribution is -0.128. The van der Waals surface area contributed by atoms with E-state index in [2.05, 4.69) is 5.32 Å². The number of amides is 1. The molecule has 0 aromatic rings. The summed E-state index contributed by atoms with van der Waals surface area (Å²) in [6.45, 7) is 3.43. The second kappa shape index (κ2) is 7.76. The van der Waals surface area contributed by atoms with Crippen LogP contribution in [0.25, 0.3) is 0 Å². The van der Waals surface area contributed by atoms with Gasteiger partial charge in [0.1, 0.15) is 0 Å². The van der Waals surface area contributed by atoms with Gasteiger partial charge in [-0.2, -0.15) is 0 Å². The van der Waals surface area contributed by atoms with Crippen molar-refractivity contribution in [1.29, 1.82) is 0 Å². The lowest BCUT2D eigenvalue weighted by Gasteiger charge is -2.10. The molecule has 14 heavy (non-hydrogen) atoms. The molecular formula is C10H22N2O2. The number of aliphatic hydroxyl groups excluding tert-OH is 1. The standard InChI is InChI=1S/C10H22N2O2/c1-9(13)6-8-11-7-4-5-10(14)12(2)3/h9,11,13H,4-8H2,1-3H3. The van der Waals surface area contributed by atoms with E-state index in [0.29, 0.717) is 6.42 Å². The highest BCUT2D eigenvalue weighted by Crippen LogP contribution is 1.92. The van der Waals surface area contributed by atoms with Crippen molar-refractivity contribution in [2.45, 2.75) is 32.3 Å². The molecule has 0 saturated heterocycles. The number of hydrogen-bond acceptors (Lipinski definition) is 3. The Morgan fingerprint density at radius 2 is 2.07 bits per heavy atom. The number of aliphatic hydroxyl groups is 1. The first kappa shape index (κ1) is 13.4. The van der Waals surface area contributed by atoms with Gasteiger partial charge in [0, 0.05) is 20.5 Å². The molecule has 0 saturated carbocycles. The summed E-state index contributed by atoms with van der Waals surface area (Å²) in [4.78, 5) is 12.7. The fraction of sp³-hybridized carbons (Fsp3) is 0.900. The number of carbonyl (C=O) groups is 1. The molecule has 4 nitrogen and oxygen atoms in total. The maximum Gasteiger partial charge on any atom is 0.222 e. The monoisotopic (exact) mass is 202 g/mol. The van der Waals surface area contributed by atoms with Crippen molar-refractivity contribution < 1.29 is 9.90 Å². The quantitative estimate of drug-likeness (QED) is 0.580. The maximum atomic E-state index is 11.1. The Morgan fingerprint density at radius 3 is 2.57 bits per heavy atom. The largest absolute Gasteiger partial charge is 0.393 e. The molecule has 0 spiro atoms. The predicted molar refractivity (Wildman–Crippen MR) is 57.1 cm³/mol. The minimum absolute atomic E-state index is 0.169. The second-order valence-electron chi connectivity index (χ2n) is 3.78. The van der Waals surface area contributed by atoms with E-state index in [1.807, 2.05) is 0 Å². The zero-order valence-corrected chi connectivity index (χ0v) is 9.42. The first-order valence-corrected chi connectivity index (χ1v) is 5.13. The third kappa shape index (κ3) is 8.01. The van der Waals surface area contributed by atoms with Crippen molar-refractivity contribution >= 4 is 5.91 Å². The van der Waals surface area contributed by atoms with Crippen LogP contribution >= 0.6 is 0 Å². The summed E-state index contributed by atoms with van der Waals surface area (Å²) in [5, 5.41) is 12.1. The van der Waals surface area contributed by atoms with E-state index in [4.69, 9.17) is 5.11 Å². The molecule has 1 unspecified atom stereocenters. The van der Waals surface area contributed by atoms with Gasteiger partial charge >= 0.3 is 0 Å². The molecule has 1 atom stereocenters. The van der Waals surface area contributed by atoms with Gasteiger partial charge in [-0.15, -0.1) is 0 Å².